The van der Waals surface area contributed by atoms with E-state index in [9.17, 15) is 8.78 Å². The maximum atomic E-state index is 14.0. The van der Waals surface area contributed by atoms with Crippen LogP contribution in [0.25, 0.3) is 0 Å². The first-order valence-corrected chi connectivity index (χ1v) is 6.73. The van der Waals surface area contributed by atoms with Crippen molar-refractivity contribution >= 4 is 11.3 Å². The lowest BCUT2D eigenvalue weighted by atomic mass is 10.0. The summed E-state index contributed by atoms with van der Waals surface area (Å²) < 4.78 is 27.6. The molecule has 4 heteroatoms. The van der Waals surface area contributed by atoms with Crippen LogP contribution in [-0.2, 0) is 0 Å². The molecule has 0 spiro atoms. The Morgan fingerprint density at radius 3 is 2.67 bits per heavy atom. The molecule has 0 saturated heterocycles. The summed E-state index contributed by atoms with van der Waals surface area (Å²) in [6.45, 7) is 4.20. The minimum Gasteiger partial charge on any atom is -0.306 e. The molecule has 1 unspecified atom stereocenters. The molecule has 1 heterocycles. The predicted molar refractivity (Wildman–Crippen MR) is 70.9 cm³/mol. The Balaban J connectivity index is 2.46. The zero-order valence-electron chi connectivity index (χ0n) is 10.3. The van der Waals surface area contributed by atoms with E-state index in [-0.39, 0.29) is 17.7 Å². The smallest absolute Gasteiger partial charge is 0.128 e. The number of halogens is 2. The third-order valence-electron chi connectivity index (χ3n) is 2.82. The fraction of sp³-hybridized carbons (Fsp3) is 0.286. The number of hydrogen-bond acceptors (Lipinski definition) is 2. The van der Waals surface area contributed by atoms with Gasteiger partial charge in [0.1, 0.15) is 11.6 Å². The largest absolute Gasteiger partial charge is 0.306 e. The average Bonchev–Trinajstić information content (AvgIpc) is 2.85. The molecule has 0 fully saturated rings. The van der Waals surface area contributed by atoms with Gasteiger partial charge < -0.3 is 5.32 Å². The van der Waals surface area contributed by atoms with Crippen molar-refractivity contribution in [2.45, 2.75) is 19.9 Å². The Morgan fingerprint density at radius 2 is 2.06 bits per heavy atom. The Morgan fingerprint density at radius 1 is 1.28 bits per heavy atom. The molecule has 2 aromatic rings. The molecular weight excluding hydrogens is 252 g/mol. The number of thiophene rings is 1. The van der Waals surface area contributed by atoms with Crippen LogP contribution in [-0.4, -0.2) is 6.54 Å². The number of hydrogen-bond donors (Lipinski definition) is 1. The minimum atomic E-state index is -0.370. The van der Waals surface area contributed by atoms with Gasteiger partial charge in [0.05, 0.1) is 6.04 Å². The van der Waals surface area contributed by atoms with Crippen molar-refractivity contribution in [1.29, 1.82) is 0 Å². The minimum absolute atomic E-state index is 0.287. The summed E-state index contributed by atoms with van der Waals surface area (Å²) in [6.07, 6.45) is 0. The van der Waals surface area contributed by atoms with Crippen LogP contribution in [0.15, 0.2) is 29.6 Å². The third-order valence-corrected chi connectivity index (χ3v) is 3.76. The van der Waals surface area contributed by atoms with E-state index in [1.807, 2.05) is 24.4 Å². The van der Waals surface area contributed by atoms with Crippen molar-refractivity contribution in [3.05, 3.63) is 57.3 Å². The van der Waals surface area contributed by atoms with Crippen LogP contribution in [0, 0.1) is 18.6 Å². The van der Waals surface area contributed by atoms with Crippen LogP contribution in [0.4, 0.5) is 8.78 Å². The van der Waals surface area contributed by atoms with Crippen LogP contribution in [0.2, 0.25) is 0 Å². The average molecular weight is 267 g/mol. The first kappa shape index (κ1) is 13.2. The lowest BCUT2D eigenvalue weighted by molar-refractivity contribution is 0.544. The van der Waals surface area contributed by atoms with Crippen LogP contribution >= 0.6 is 11.3 Å². The van der Waals surface area contributed by atoms with Gasteiger partial charge >= 0.3 is 0 Å². The molecule has 1 atom stereocenters. The van der Waals surface area contributed by atoms with Crippen LogP contribution in [0.5, 0.6) is 0 Å². The van der Waals surface area contributed by atoms with Gasteiger partial charge in [-0.25, -0.2) is 8.78 Å². The monoisotopic (exact) mass is 267 g/mol. The van der Waals surface area contributed by atoms with E-state index in [0.717, 1.165) is 4.88 Å². The standard InChI is InChI=1S/C14H15F2NS/c1-3-17-14(13-5-4-6-18-13)10-8-11(15)9(2)7-12(10)16/h4-8,14,17H,3H2,1-2H3. The van der Waals surface area contributed by atoms with Crippen molar-refractivity contribution in [3.63, 3.8) is 0 Å². The van der Waals surface area contributed by atoms with Crippen molar-refractivity contribution in [1.82, 2.24) is 5.32 Å². The molecule has 0 radical (unpaired) electrons. The Bertz CT molecular complexity index is 523. The maximum Gasteiger partial charge on any atom is 0.128 e. The third kappa shape index (κ3) is 2.60. The fourth-order valence-electron chi connectivity index (χ4n) is 1.91. The van der Waals surface area contributed by atoms with E-state index in [1.54, 1.807) is 6.92 Å². The van der Waals surface area contributed by atoms with Crippen LogP contribution in [0.1, 0.15) is 29.0 Å². The Labute approximate surface area is 109 Å². The first-order chi connectivity index (χ1) is 8.63. The lowest BCUT2D eigenvalue weighted by Gasteiger charge is -2.18. The van der Waals surface area contributed by atoms with E-state index < -0.39 is 0 Å². The highest BCUT2D eigenvalue weighted by molar-refractivity contribution is 7.10. The highest BCUT2D eigenvalue weighted by atomic mass is 32.1. The van der Waals surface area contributed by atoms with Gasteiger partial charge in [-0.05, 0) is 42.6 Å². The molecule has 1 nitrogen and oxygen atoms in total. The van der Waals surface area contributed by atoms with Gasteiger partial charge in [-0.2, -0.15) is 0 Å². The van der Waals surface area contributed by atoms with Gasteiger partial charge in [-0.1, -0.05) is 13.0 Å². The second-order valence-electron chi connectivity index (χ2n) is 4.13. The van der Waals surface area contributed by atoms with E-state index in [2.05, 4.69) is 5.32 Å². The van der Waals surface area contributed by atoms with Crippen LogP contribution in [0.3, 0.4) is 0 Å². The Hall–Kier alpha value is -1.26. The molecule has 0 bridgehead atoms. The predicted octanol–water partition coefficient (Wildman–Crippen LogP) is 4.03. The van der Waals surface area contributed by atoms with Gasteiger partial charge in [-0.15, -0.1) is 11.3 Å². The van der Waals surface area contributed by atoms with E-state index >= 15 is 0 Å². The summed E-state index contributed by atoms with van der Waals surface area (Å²) in [5.74, 6) is -0.737. The van der Waals surface area contributed by atoms with Gasteiger partial charge in [0.15, 0.2) is 0 Å². The fourth-order valence-corrected chi connectivity index (χ4v) is 2.72. The summed E-state index contributed by atoms with van der Waals surface area (Å²) in [5, 5.41) is 5.13. The van der Waals surface area contributed by atoms with Crippen molar-refractivity contribution in [2.75, 3.05) is 6.54 Å². The number of benzene rings is 1. The van der Waals surface area contributed by atoms with Crippen LogP contribution < -0.4 is 5.32 Å². The molecule has 1 aromatic carbocycles. The normalized spacial score (nSPS) is 12.7. The van der Waals surface area contributed by atoms with Gasteiger partial charge in [0.25, 0.3) is 0 Å². The van der Waals surface area contributed by atoms with E-state index in [0.29, 0.717) is 17.7 Å². The zero-order chi connectivity index (χ0) is 13.1. The molecule has 96 valence electrons. The van der Waals surface area contributed by atoms with Crippen molar-refractivity contribution in [3.8, 4) is 0 Å². The Kier molecular flexibility index (Phi) is 4.09. The molecule has 18 heavy (non-hydrogen) atoms. The molecule has 2 rings (SSSR count). The molecule has 0 amide bonds. The lowest BCUT2D eigenvalue weighted by Crippen LogP contribution is -2.22. The first-order valence-electron chi connectivity index (χ1n) is 5.85. The number of aryl methyl sites for hydroxylation is 1. The molecule has 1 aromatic heterocycles. The van der Waals surface area contributed by atoms with E-state index in [4.69, 9.17) is 0 Å². The zero-order valence-corrected chi connectivity index (χ0v) is 11.2. The number of nitrogens with one attached hydrogen (secondary N) is 1. The summed E-state index contributed by atoms with van der Waals surface area (Å²) in [4.78, 5) is 0.985. The molecular formula is C14H15F2NS. The highest BCUT2D eigenvalue weighted by Crippen LogP contribution is 2.29. The summed E-state index contributed by atoms with van der Waals surface area (Å²) in [6, 6.07) is 6.09. The summed E-state index contributed by atoms with van der Waals surface area (Å²) >= 11 is 1.53. The summed E-state index contributed by atoms with van der Waals surface area (Å²) in [5.41, 5.74) is 0.695. The SMILES string of the molecule is CCNC(c1cccs1)c1cc(F)c(C)cc1F. The quantitative estimate of drug-likeness (QED) is 0.881. The molecule has 0 aliphatic heterocycles. The van der Waals surface area contributed by atoms with Gasteiger partial charge in [0.2, 0.25) is 0 Å². The van der Waals surface area contributed by atoms with Gasteiger partial charge in [0, 0.05) is 10.4 Å². The highest BCUT2D eigenvalue weighted by Gasteiger charge is 2.19. The molecule has 0 saturated carbocycles. The molecule has 1 N–H and O–H groups in total. The summed E-state index contributed by atoms with van der Waals surface area (Å²) in [7, 11) is 0. The maximum absolute atomic E-state index is 14.0. The van der Waals surface area contributed by atoms with Gasteiger partial charge in [-0.3, -0.25) is 0 Å². The second kappa shape index (κ2) is 5.59. The van der Waals surface area contributed by atoms with Crippen molar-refractivity contribution in [2.24, 2.45) is 0 Å². The molecule has 0 aliphatic carbocycles. The molecule has 0 aliphatic rings. The topological polar surface area (TPSA) is 12.0 Å². The second-order valence-corrected chi connectivity index (χ2v) is 5.11. The number of rotatable bonds is 4. The van der Waals surface area contributed by atoms with E-state index in [1.165, 1.54) is 23.5 Å². The van der Waals surface area contributed by atoms with Crippen molar-refractivity contribution < 1.29 is 8.78 Å².